The average Bonchev–Trinajstić information content (AvgIpc) is 2.16. The van der Waals surface area contributed by atoms with Crippen LogP contribution in [0.4, 0.5) is 0 Å². The summed E-state index contributed by atoms with van der Waals surface area (Å²) in [5.41, 5.74) is 6.88. The maximum absolute atomic E-state index is 8.70. The molecule has 0 aromatic heterocycles. The van der Waals surface area contributed by atoms with Crippen molar-refractivity contribution in [3.8, 4) is 11.8 Å². The Morgan fingerprint density at radius 1 is 1.58 bits per heavy atom. The maximum Gasteiger partial charge on any atom is 0.136 e. The van der Waals surface area contributed by atoms with Crippen molar-refractivity contribution in [3.63, 3.8) is 0 Å². The molecule has 62 valence electrons. The molecule has 0 saturated carbocycles. The largest absolute Gasteiger partial charge is 0.495 e. The van der Waals surface area contributed by atoms with Crippen molar-refractivity contribution >= 4 is 0 Å². The number of hydrogen-bond acceptors (Lipinski definition) is 3. The quantitative estimate of drug-likeness (QED) is 0.706. The normalized spacial score (nSPS) is 9.08. The minimum absolute atomic E-state index is 0.443. The molecule has 12 heavy (non-hydrogen) atoms. The monoisotopic (exact) mass is 162 g/mol. The predicted molar refractivity (Wildman–Crippen MR) is 45.6 cm³/mol. The van der Waals surface area contributed by atoms with E-state index in [2.05, 4.69) is 0 Å². The molecule has 0 aliphatic heterocycles. The van der Waals surface area contributed by atoms with Crippen molar-refractivity contribution in [1.29, 1.82) is 5.26 Å². The molecule has 1 aromatic rings. The smallest absolute Gasteiger partial charge is 0.136 e. The van der Waals surface area contributed by atoms with Crippen LogP contribution in [-0.2, 0) is 6.54 Å². The second kappa shape index (κ2) is 3.74. The van der Waals surface area contributed by atoms with E-state index in [-0.39, 0.29) is 0 Å². The second-order valence-corrected chi connectivity index (χ2v) is 2.35. The van der Waals surface area contributed by atoms with Gasteiger partial charge in [-0.05, 0) is 17.7 Å². The summed E-state index contributed by atoms with van der Waals surface area (Å²) < 4.78 is 4.97. The standard InChI is InChI=1S/C9H10N2O/c1-12-9-3-2-7(5-10)4-8(9)6-11/h2-4H,5,10H2,1H3. The van der Waals surface area contributed by atoms with Crippen LogP contribution in [0.1, 0.15) is 11.1 Å². The topological polar surface area (TPSA) is 59.0 Å². The maximum atomic E-state index is 8.70. The average molecular weight is 162 g/mol. The number of nitrogens with zero attached hydrogens (tertiary/aromatic N) is 1. The summed E-state index contributed by atoms with van der Waals surface area (Å²) in [5, 5.41) is 8.70. The SMILES string of the molecule is COc1ccc(CN)cc1C#N. The zero-order valence-electron chi connectivity index (χ0n) is 6.87. The van der Waals surface area contributed by atoms with Gasteiger partial charge in [-0.15, -0.1) is 0 Å². The highest BCUT2D eigenvalue weighted by molar-refractivity contribution is 5.45. The number of methoxy groups -OCH3 is 1. The van der Waals surface area contributed by atoms with Gasteiger partial charge in [0, 0.05) is 6.54 Å². The van der Waals surface area contributed by atoms with E-state index in [4.69, 9.17) is 15.7 Å². The van der Waals surface area contributed by atoms with Crippen molar-refractivity contribution in [2.75, 3.05) is 7.11 Å². The van der Waals surface area contributed by atoms with Crippen LogP contribution in [-0.4, -0.2) is 7.11 Å². The highest BCUT2D eigenvalue weighted by atomic mass is 16.5. The summed E-state index contributed by atoms with van der Waals surface area (Å²) in [7, 11) is 1.54. The van der Waals surface area contributed by atoms with Crippen LogP contribution in [0.25, 0.3) is 0 Å². The van der Waals surface area contributed by atoms with E-state index in [0.717, 1.165) is 5.56 Å². The van der Waals surface area contributed by atoms with E-state index >= 15 is 0 Å². The molecular formula is C9H10N2O. The third kappa shape index (κ3) is 1.55. The van der Waals surface area contributed by atoms with E-state index in [0.29, 0.717) is 17.9 Å². The first-order chi connectivity index (χ1) is 5.81. The van der Waals surface area contributed by atoms with Gasteiger partial charge >= 0.3 is 0 Å². The Bertz CT molecular complexity index is 315. The fraction of sp³-hybridized carbons (Fsp3) is 0.222. The van der Waals surface area contributed by atoms with Gasteiger partial charge in [0.05, 0.1) is 12.7 Å². The van der Waals surface area contributed by atoms with Gasteiger partial charge < -0.3 is 10.5 Å². The van der Waals surface area contributed by atoms with Gasteiger partial charge in [-0.2, -0.15) is 5.26 Å². The lowest BCUT2D eigenvalue weighted by Gasteiger charge is -2.03. The highest BCUT2D eigenvalue weighted by Crippen LogP contribution is 2.18. The number of nitrogens with two attached hydrogens (primary N) is 1. The Morgan fingerprint density at radius 2 is 2.33 bits per heavy atom. The van der Waals surface area contributed by atoms with Gasteiger partial charge in [-0.1, -0.05) is 6.07 Å². The van der Waals surface area contributed by atoms with Crippen LogP contribution in [0, 0.1) is 11.3 Å². The van der Waals surface area contributed by atoms with Crippen LogP contribution >= 0.6 is 0 Å². The summed E-state index contributed by atoms with van der Waals surface area (Å²) in [5.74, 6) is 0.592. The van der Waals surface area contributed by atoms with Crippen LogP contribution in [0.2, 0.25) is 0 Å². The molecule has 0 unspecified atom stereocenters. The van der Waals surface area contributed by atoms with E-state index in [1.165, 1.54) is 7.11 Å². The summed E-state index contributed by atoms with van der Waals surface area (Å²) >= 11 is 0. The first kappa shape index (κ1) is 8.57. The molecular weight excluding hydrogens is 152 g/mol. The zero-order valence-corrected chi connectivity index (χ0v) is 6.87. The summed E-state index contributed by atoms with van der Waals surface area (Å²) in [6.07, 6.45) is 0. The van der Waals surface area contributed by atoms with Gasteiger partial charge in [-0.25, -0.2) is 0 Å². The first-order valence-corrected chi connectivity index (χ1v) is 3.59. The Labute approximate surface area is 71.4 Å². The van der Waals surface area contributed by atoms with E-state index < -0.39 is 0 Å². The molecule has 0 radical (unpaired) electrons. The number of nitriles is 1. The molecule has 0 aliphatic carbocycles. The molecule has 0 spiro atoms. The zero-order chi connectivity index (χ0) is 8.97. The van der Waals surface area contributed by atoms with Crippen molar-refractivity contribution in [2.45, 2.75) is 6.54 Å². The number of rotatable bonds is 2. The van der Waals surface area contributed by atoms with Gasteiger partial charge in [0.25, 0.3) is 0 Å². The van der Waals surface area contributed by atoms with Crippen molar-refractivity contribution in [2.24, 2.45) is 5.73 Å². The van der Waals surface area contributed by atoms with Crippen molar-refractivity contribution < 1.29 is 4.74 Å². The van der Waals surface area contributed by atoms with E-state index in [1.54, 1.807) is 12.1 Å². The molecule has 0 heterocycles. The third-order valence-electron chi connectivity index (χ3n) is 1.62. The lowest BCUT2D eigenvalue weighted by atomic mass is 10.1. The molecule has 1 aromatic carbocycles. The lowest BCUT2D eigenvalue weighted by molar-refractivity contribution is 0.413. The molecule has 0 fully saturated rings. The molecule has 0 atom stereocenters. The van der Waals surface area contributed by atoms with Gasteiger partial charge in [0.15, 0.2) is 0 Å². The van der Waals surface area contributed by atoms with Crippen LogP contribution < -0.4 is 10.5 Å². The highest BCUT2D eigenvalue weighted by Gasteiger charge is 2.01. The number of hydrogen-bond donors (Lipinski definition) is 1. The van der Waals surface area contributed by atoms with Gasteiger partial charge in [0.2, 0.25) is 0 Å². The molecule has 1 rings (SSSR count). The molecule has 2 N–H and O–H groups in total. The van der Waals surface area contributed by atoms with Crippen LogP contribution in [0.15, 0.2) is 18.2 Å². The van der Waals surface area contributed by atoms with Crippen molar-refractivity contribution in [1.82, 2.24) is 0 Å². The third-order valence-corrected chi connectivity index (χ3v) is 1.62. The summed E-state index contributed by atoms with van der Waals surface area (Å²) in [6.45, 7) is 0.443. The lowest BCUT2D eigenvalue weighted by Crippen LogP contribution is -1.97. The molecule has 0 bridgehead atoms. The van der Waals surface area contributed by atoms with Gasteiger partial charge in [-0.3, -0.25) is 0 Å². The Morgan fingerprint density at radius 3 is 2.83 bits per heavy atom. The molecule has 0 amide bonds. The van der Waals surface area contributed by atoms with Crippen molar-refractivity contribution in [3.05, 3.63) is 29.3 Å². The molecule has 0 saturated heterocycles. The molecule has 3 nitrogen and oxygen atoms in total. The summed E-state index contributed by atoms with van der Waals surface area (Å²) in [6, 6.07) is 7.37. The summed E-state index contributed by atoms with van der Waals surface area (Å²) in [4.78, 5) is 0. The fourth-order valence-electron chi connectivity index (χ4n) is 0.969. The molecule has 3 heteroatoms. The predicted octanol–water partition coefficient (Wildman–Crippen LogP) is 1.03. The fourth-order valence-corrected chi connectivity index (χ4v) is 0.969. The Balaban J connectivity index is 3.13. The van der Waals surface area contributed by atoms with Gasteiger partial charge in [0.1, 0.15) is 11.8 Å². The van der Waals surface area contributed by atoms with Crippen LogP contribution in [0.3, 0.4) is 0 Å². The number of benzene rings is 1. The Hall–Kier alpha value is -1.53. The molecule has 0 aliphatic rings. The van der Waals surface area contributed by atoms with E-state index in [9.17, 15) is 0 Å². The first-order valence-electron chi connectivity index (χ1n) is 3.59. The number of ether oxygens (including phenoxy) is 1. The Kier molecular flexibility index (Phi) is 2.67. The minimum Gasteiger partial charge on any atom is -0.495 e. The van der Waals surface area contributed by atoms with Crippen LogP contribution in [0.5, 0.6) is 5.75 Å². The minimum atomic E-state index is 0.443. The second-order valence-electron chi connectivity index (χ2n) is 2.35. The van der Waals surface area contributed by atoms with E-state index in [1.807, 2.05) is 12.1 Å².